The lowest BCUT2D eigenvalue weighted by atomic mass is 9.77. The molecule has 1 heterocycles. The monoisotopic (exact) mass is 257 g/mol. The van der Waals surface area contributed by atoms with E-state index in [4.69, 9.17) is 0 Å². The van der Waals surface area contributed by atoms with Gasteiger partial charge in [-0.15, -0.1) is 0 Å². The number of fused-ring (bicyclic) bond motifs is 1. The fraction of sp³-hybridized carbons (Fsp3) is 0.529. The molecule has 1 aromatic rings. The Labute approximate surface area is 112 Å². The van der Waals surface area contributed by atoms with Crippen LogP contribution in [-0.2, 0) is 0 Å². The second-order valence-electron chi connectivity index (χ2n) is 6.02. The molecule has 1 fully saturated rings. The first-order chi connectivity index (χ1) is 8.80. The van der Waals surface area contributed by atoms with Crippen molar-refractivity contribution in [2.75, 3.05) is 0 Å². The molecular weight excluding hydrogens is 235 g/mol. The minimum absolute atomic E-state index is 0.449. The maximum atomic E-state index is 2.51. The Kier molecular flexibility index (Phi) is 3.57. The fourth-order valence-corrected chi connectivity index (χ4v) is 4.80. The van der Waals surface area contributed by atoms with Crippen LogP contribution in [0.4, 0.5) is 0 Å². The van der Waals surface area contributed by atoms with Gasteiger partial charge in [-0.1, -0.05) is 63.3 Å². The molecule has 2 aliphatic rings. The first-order valence-electron chi connectivity index (χ1n) is 7.30. The fourth-order valence-electron chi connectivity index (χ4n) is 3.43. The minimum Gasteiger partial charge on any atom is -0.0616 e. The lowest BCUT2D eigenvalue weighted by Crippen LogP contribution is -2.28. The van der Waals surface area contributed by atoms with E-state index >= 15 is 0 Å². The number of hydrogen-bond acceptors (Lipinski definition) is 0. The largest absolute Gasteiger partial charge is 0.0616 e. The molecule has 0 atom stereocenters. The standard InChI is InChI=1S/C17H22P/c1-17(11-7-3-2-4-8-12-17)16-15-10-6-5-9-14(15)13-18-16/h5-6,9-10,13H,2-4,7-8,11-12H2,1H3. The van der Waals surface area contributed by atoms with Crippen LogP contribution in [0.15, 0.2) is 24.3 Å². The summed E-state index contributed by atoms with van der Waals surface area (Å²) in [5.41, 5.74) is 0.449. The molecule has 0 unspecified atom stereocenters. The third kappa shape index (κ3) is 2.28. The summed E-state index contributed by atoms with van der Waals surface area (Å²) in [7, 11) is 1.45. The summed E-state index contributed by atoms with van der Waals surface area (Å²) in [6.07, 6.45) is 9.92. The Balaban J connectivity index is 2.02. The van der Waals surface area contributed by atoms with E-state index in [-0.39, 0.29) is 0 Å². The molecule has 1 aliphatic heterocycles. The summed E-state index contributed by atoms with van der Waals surface area (Å²) in [6.45, 7) is 2.51. The SMILES string of the molecule is CC1(C2=c3ccccc3=C[P]2)CCCCCCC1. The van der Waals surface area contributed by atoms with Crippen molar-refractivity contribution in [3.63, 3.8) is 0 Å². The average Bonchev–Trinajstić information content (AvgIpc) is 2.79. The van der Waals surface area contributed by atoms with Crippen LogP contribution in [0.2, 0.25) is 0 Å². The van der Waals surface area contributed by atoms with Crippen molar-refractivity contribution in [3.8, 4) is 0 Å². The molecule has 0 aromatic heterocycles. The van der Waals surface area contributed by atoms with Crippen molar-refractivity contribution >= 4 is 19.7 Å². The average molecular weight is 257 g/mol. The maximum absolute atomic E-state index is 2.51. The van der Waals surface area contributed by atoms with Crippen LogP contribution in [0.1, 0.15) is 51.9 Å². The molecule has 0 nitrogen and oxygen atoms in total. The number of benzene rings is 1. The molecule has 1 aliphatic carbocycles. The van der Waals surface area contributed by atoms with E-state index in [0.29, 0.717) is 5.41 Å². The smallest absolute Gasteiger partial charge is 0.00582 e. The molecule has 3 rings (SSSR count). The number of rotatable bonds is 1. The Hall–Kier alpha value is -0.610. The van der Waals surface area contributed by atoms with Crippen molar-refractivity contribution in [3.05, 3.63) is 34.7 Å². The van der Waals surface area contributed by atoms with E-state index in [2.05, 4.69) is 37.0 Å². The highest BCUT2D eigenvalue weighted by atomic mass is 31.1. The third-order valence-corrected chi connectivity index (χ3v) is 6.02. The van der Waals surface area contributed by atoms with Crippen LogP contribution in [0.25, 0.3) is 11.1 Å². The van der Waals surface area contributed by atoms with Gasteiger partial charge >= 0.3 is 0 Å². The van der Waals surface area contributed by atoms with Gasteiger partial charge in [0.1, 0.15) is 0 Å². The zero-order valence-corrected chi connectivity index (χ0v) is 12.2. The van der Waals surface area contributed by atoms with E-state index in [1.165, 1.54) is 64.0 Å². The van der Waals surface area contributed by atoms with Gasteiger partial charge in [0, 0.05) is 0 Å². The van der Waals surface area contributed by atoms with E-state index < -0.39 is 0 Å². The van der Waals surface area contributed by atoms with Crippen LogP contribution < -0.4 is 10.4 Å². The normalized spacial score (nSPS) is 24.2. The van der Waals surface area contributed by atoms with Gasteiger partial charge in [-0.2, -0.15) is 0 Å². The molecule has 1 aromatic carbocycles. The molecular formula is C17H22P. The van der Waals surface area contributed by atoms with Gasteiger partial charge in [-0.3, -0.25) is 0 Å². The lowest BCUT2D eigenvalue weighted by molar-refractivity contribution is 0.326. The quantitative estimate of drug-likeness (QED) is 0.660. The molecule has 0 bridgehead atoms. The molecule has 0 spiro atoms. The predicted molar refractivity (Wildman–Crippen MR) is 80.9 cm³/mol. The highest BCUT2D eigenvalue weighted by molar-refractivity contribution is 7.58. The summed E-state index contributed by atoms with van der Waals surface area (Å²) in [6, 6.07) is 8.95. The van der Waals surface area contributed by atoms with Crippen molar-refractivity contribution in [2.45, 2.75) is 51.9 Å². The Morgan fingerprint density at radius 2 is 1.61 bits per heavy atom. The van der Waals surface area contributed by atoms with E-state index in [9.17, 15) is 0 Å². The van der Waals surface area contributed by atoms with E-state index in [0.717, 1.165) is 0 Å². The maximum Gasteiger partial charge on any atom is -0.00582 e. The molecule has 1 heteroatoms. The van der Waals surface area contributed by atoms with Crippen molar-refractivity contribution < 1.29 is 0 Å². The Morgan fingerprint density at radius 3 is 2.39 bits per heavy atom. The van der Waals surface area contributed by atoms with Crippen molar-refractivity contribution in [1.82, 2.24) is 0 Å². The van der Waals surface area contributed by atoms with E-state index in [1.54, 1.807) is 5.31 Å². The van der Waals surface area contributed by atoms with Gasteiger partial charge in [-0.25, -0.2) is 0 Å². The molecule has 0 amide bonds. The lowest BCUT2D eigenvalue weighted by Gasteiger charge is -2.33. The van der Waals surface area contributed by atoms with Crippen LogP contribution in [0.5, 0.6) is 0 Å². The summed E-state index contributed by atoms with van der Waals surface area (Å²) in [4.78, 5) is 0. The molecule has 1 radical (unpaired) electrons. The van der Waals surface area contributed by atoms with E-state index in [1.807, 2.05) is 0 Å². The topological polar surface area (TPSA) is 0 Å². The van der Waals surface area contributed by atoms with Crippen LogP contribution in [0.3, 0.4) is 0 Å². The van der Waals surface area contributed by atoms with Gasteiger partial charge in [0.15, 0.2) is 0 Å². The zero-order valence-electron chi connectivity index (χ0n) is 11.3. The Morgan fingerprint density at radius 1 is 0.944 bits per heavy atom. The van der Waals surface area contributed by atoms with Gasteiger partial charge in [0.25, 0.3) is 0 Å². The first kappa shape index (κ1) is 12.4. The highest BCUT2D eigenvalue weighted by Crippen LogP contribution is 2.49. The zero-order chi connectivity index (χ0) is 12.4. The van der Waals surface area contributed by atoms with Crippen molar-refractivity contribution in [1.29, 1.82) is 0 Å². The predicted octanol–water partition coefficient (Wildman–Crippen LogP) is 4.24. The number of hydrogen-bond donors (Lipinski definition) is 0. The van der Waals surface area contributed by atoms with Crippen molar-refractivity contribution in [2.24, 2.45) is 5.41 Å². The molecule has 0 saturated heterocycles. The van der Waals surface area contributed by atoms with Gasteiger partial charge in [-0.05, 0) is 48.4 Å². The molecule has 1 saturated carbocycles. The summed E-state index contributed by atoms with van der Waals surface area (Å²) in [5.74, 6) is 2.40. The highest BCUT2D eigenvalue weighted by Gasteiger charge is 2.30. The Bertz CT molecular complexity index is 533. The summed E-state index contributed by atoms with van der Waals surface area (Å²) < 4.78 is 0. The second-order valence-corrected chi connectivity index (χ2v) is 6.99. The minimum atomic E-state index is 0.449. The van der Waals surface area contributed by atoms with Crippen LogP contribution in [-0.4, -0.2) is 0 Å². The van der Waals surface area contributed by atoms with Gasteiger partial charge < -0.3 is 0 Å². The molecule has 18 heavy (non-hydrogen) atoms. The van der Waals surface area contributed by atoms with Gasteiger partial charge in [0.05, 0.1) is 0 Å². The first-order valence-corrected chi connectivity index (χ1v) is 8.27. The molecule has 95 valence electrons. The van der Waals surface area contributed by atoms with Crippen LogP contribution in [0, 0.1) is 5.41 Å². The molecule has 0 N–H and O–H groups in total. The summed E-state index contributed by atoms with van der Waals surface area (Å²) in [5, 5.41) is 4.68. The van der Waals surface area contributed by atoms with Gasteiger partial charge in [0.2, 0.25) is 0 Å². The van der Waals surface area contributed by atoms with Crippen LogP contribution >= 0.6 is 8.58 Å². The second kappa shape index (κ2) is 5.17. The third-order valence-electron chi connectivity index (χ3n) is 4.58. The summed E-state index contributed by atoms with van der Waals surface area (Å²) >= 11 is 0.